The summed E-state index contributed by atoms with van der Waals surface area (Å²) in [6.45, 7) is 4.44. The van der Waals surface area contributed by atoms with Crippen molar-refractivity contribution in [1.29, 1.82) is 0 Å². The lowest BCUT2D eigenvalue weighted by atomic mass is 10.2. The van der Waals surface area contributed by atoms with Gasteiger partial charge in [0, 0.05) is 32.6 Å². The number of rotatable bonds is 2. The van der Waals surface area contributed by atoms with Gasteiger partial charge < -0.3 is 15.1 Å². The van der Waals surface area contributed by atoms with Crippen LogP contribution in [0.2, 0.25) is 0 Å². The zero-order chi connectivity index (χ0) is 12.8. The number of nitrogens with one attached hydrogen (secondary N) is 1. The second-order valence-electron chi connectivity index (χ2n) is 5.11. The van der Waals surface area contributed by atoms with E-state index in [0.29, 0.717) is 6.42 Å². The maximum absolute atomic E-state index is 12.2. The van der Waals surface area contributed by atoms with Gasteiger partial charge in [0.05, 0.1) is 6.54 Å². The number of amides is 2. The molecule has 19 heavy (non-hydrogen) atoms. The molecule has 2 fully saturated rings. The highest BCUT2D eigenvalue weighted by Gasteiger charge is 2.22. The molecule has 0 radical (unpaired) electrons. The van der Waals surface area contributed by atoms with Gasteiger partial charge in [-0.3, -0.25) is 9.59 Å². The highest BCUT2D eigenvalue weighted by atomic mass is 35.5. The molecule has 0 atom stereocenters. The van der Waals surface area contributed by atoms with Crippen molar-refractivity contribution in [1.82, 2.24) is 15.1 Å². The van der Waals surface area contributed by atoms with Crippen molar-refractivity contribution in [3.05, 3.63) is 0 Å². The number of carbonyl (C=O) groups excluding carboxylic acids is 2. The van der Waals surface area contributed by atoms with E-state index in [-0.39, 0.29) is 30.8 Å². The number of carbonyl (C=O) groups is 2. The zero-order valence-corrected chi connectivity index (χ0v) is 12.2. The summed E-state index contributed by atoms with van der Waals surface area (Å²) in [5, 5.41) is 3.28. The van der Waals surface area contributed by atoms with Crippen LogP contribution in [-0.2, 0) is 9.59 Å². The molecular weight excluding hydrogens is 266 g/mol. The lowest BCUT2D eigenvalue weighted by Crippen LogP contribution is -2.43. The van der Waals surface area contributed by atoms with E-state index < -0.39 is 0 Å². The van der Waals surface area contributed by atoms with Gasteiger partial charge in [0.15, 0.2) is 0 Å². The van der Waals surface area contributed by atoms with Crippen molar-refractivity contribution in [2.75, 3.05) is 39.3 Å². The fourth-order valence-corrected chi connectivity index (χ4v) is 2.56. The summed E-state index contributed by atoms with van der Waals surface area (Å²) < 4.78 is 0. The van der Waals surface area contributed by atoms with Crippen molar-refractivity contribution in [2.24, 2.45) is 0 Å². The summed E-state index contributed by atoms with van der Waals surface area (Å²) >= 11 is 0. The van der Waals surface area contributed by atoms with Gasteiger partial charge in [-0.05, 0) is 25.8 Å². The van der Waals surface area contributed by atoms with Crippen LogP contribution in [0.5, 0.6) is 0 Å². The highest BCUT2D eigenvalue weighted by molar-refractivity contribution is 5.85. The molecule has 110 valence electrons. The van der Waals surface area contributed by atoms with E-state index in [9.17, 15) is 9.59 Å². The Morgan fingerprint density at radius 3 is 2.74 bits per heavy atom. The SMILES string of the molecule is Cl.O=C(CN1CCCCCC1=O)N1CCCNCC1. The lowest BCUT2D eigenvalue weighted by molar-refractivity contribution is -0.140. The van der Waals surface area contributed by atoms with Gasteiger partial charge in [0.25, 0.3) is 0 Å². The average molecular weight is 290 g/mol. The summed E-state index contributed by atoms with van der Waals surface area (Å²) in [4.78, 5) is 27.7. The van der Waals surface area contributed by atoms with Gasteiger partial charge in [-0.2, -0.15) is 0 Å². The summed E-state index contributed by atoms with van der Waals surface area (Å²) in [5.41, 5.74) is 0. The molecule has 6 heteroatoms. The van der Waals surface area contributed by atoms with E-state index in [1.54, 1.807) is 4.90 Å². The van der Waals surface area contributed by atoms with Crippen molar-refractivity contribution in [3.63, 3.8) is 0 Å². The predicted molar refractivity (Wildman–Crippen MR) is 76.4 cm³/mol. The summed E-state index contributed by atoms with van der Waals surface area (Å²) in [7, 11) is 0. The van der Waals surface area contributed by atoms with Crippen LogP contribution in [0.25, 0.3) is 0 Å². The summed E-state index contributed by atoms with van der Waals surface area (Å²) in [5.74, 6) is 0.253. The van der Waals surface area contributed by atoms with Crippen LogP contribution >= 0.6 is 12.4 Å². The molecule has 0 aromatic heterocycles. The number of likely N-dealkylation sites (tertiary alicyclic amines) is 1. The first-order valence-electron chi connectivity index (χ1n) is 7.03. The molecule has 0 saturated carbocycles. The van der Waals surface area contributed by atoms with Crippen LogP contribution in [0.4, 0.5) is 0 Å². The molecule has 0 spiro atoms. The number of halogens is 1. The minimum Gasteiger partial charge on any atom is -0.340 e. The first-order chi connectivity index (χ1) is 8.77. The Hall–Kier alpha value is -0.810. The lowest BCUT2D eigenvalue weighted by Gasteiger charge is -2.25. The normalized spacial score (nSPS) is 21.4. The quantitative estimate of drug-likeness (QED) is 0.811. The number of nitrogens with zero attached hydrogens (tertiary/aromatic N) is 2. The summed E-state index contributed by atoms with van der Waals surface area (Å²) in [6.07, 6.45) is 4.70. The predicted octanol–water partition coefficient (Wildman–Crippen LogP) is 0.633. The third kappa shape index (κ3) is 4.99. The molecule has 0 aromatic rings. The third-order valence-electron chi connectivity index (χ3n) is 3.69. The van der Waals surface area contributed by atoms with Crippen molar-refractivity contribution in [3.8, 4) is 0 Å². The molecule has 0 bridgehead atoms. The van der Waals surface area contributed by atoms with E-state index >= 15 is 0 Å². The Kier molecular flexibility index (Phi) is 7.16. The molecule has 0 unspecified atom stereocenters. The topological polar surface area (TPSA) is 52.7 Å². The molecule has 2 rings (SSSR count). The Morgan fingerprint density at radius 1 is 1.05 bits per heavy atom. The highest BCUT2D eigenvalue weighted by Crippen LogP contribution is 2.11. The first kappa shape index (κ1) is 16.2. The van der Waals surface area contributed by atoms with Crippen LogP contribution in [-0.4, -0.2) is 60.9 Å². The molecule has 2 saturated heterocycles. The maximum Gasteiger partial charge on any atom is 0.242 e. The van der Waals surface area contributed by atoms with Crippen LogP contribution in [0.1, 0.15) is 32.1 Å². The van der Waals surface area contributed by atoms with Gasteiger partial charge in [0.1, 0.15) is 0 Å². The molecule has 1 N–H and O–H groups in total. The van der Waals surface area contributed by atoms with E-state index in [2.05, 4.69) is 5.32 Å². The van der Waals surface area contributed by atoms with Gasteiger partial charge >= 0.3 is 0 Å². The second-order valence-corrected chi connectivity index (χ2v) is 5.11. The van der Waals surface area contributed by atoms with Gasteiger partial charge in [0.2, 0.25) is 11.8 Å². The monoisotopic (exact) mass is 289 g/mol. The largest absolute Gasteiger partial charge is 0.340 e. The van der Waals surface area contributed by atoms with E-state index in [1.165, 1.54) is 0 Å². The Bertz CT molecular complexity index is 304. The average Bonchev–Trinajstić information content (AvgIpc) is 2.73. The Morgan fingerprint density at radius 2 is 1.89 bits per heavy atom. The first-order valence-corrected chi connectivity index (χ1v) is 7.03. The maximum atomic E-state index is 12.2. The van der Waals surface area contributed by atoms with Gasteiger partial charge in [-0.1, -0.05) is 6.42 Å². The minimum absolute atomic E-state index is 0. The molecule has 5 nitrogen and oxygen atoms in total. The van der Waals surface area contributed by atoms with Crippen LogP contribution in [0, 0.1) is 0 Å². The fourth-order valence-electron chi connectivity index (χ4n) is 2.56. The van der Waals surface area contributed by atoms with Crippen molar-refractivity contribution >= 4 is 24.2 Å². The molecule has 2 heterocycles. The van der Waals surface area contributed by atoms with E-state index in [1.807, 2.05) is 4.90 Å². The Labute approximate surface area is 121 Å². The molecular formula is C13H24ClN3O2. The van der Waals surface area contributed by atoms with Gasteiger partial charge in [-0.25, -0.2) is 0 Å². The van der Waals surface area contributed by atoms with Crippen LogP contribution in [0.3, 0.4) is 0 Å². The van der Waals surface area contributed by atoms with Crippen LogP contribution in [0.15, 0.2) is 0 Å². The van der Waals surface area contributed by atoms with Crippen molar-refractivity contribution in [2.45, 2.75) is 32.1 Å². The number of hydrogen-bond donors (Lipinski definition) is 1. The molecule has 0 aromatic carbocycles. The standard InChI is InChI=1S/C13H23N3O2.ClH/c17-12-5-2-1-3-8-16(12)11-13(18)15-9-4-6-14-7-10-15;/h14H,1-11H2;1H. The Balaban J connectivity index is 0.00000180. The molecule has 2 aliphatic heterocycles. The van der Waals surface area contributed by atoms with Crippen molar-refractivity contribution < 1.29 is 9.59 Å². The molecule has 2 amide bonds. The second kappa shape index (κ2) is 8.38. The van der Waals surface area contributed by atoms with E-state index in [0.717, 1.165) is 58.4 Å². The number of hydrogen-bond acceptors (Lipinski definition) is 3. The smallest absolute Gasteiger partial charge is 0.242 e. The summed E-state index contributed by atoms with van der Waals surface area (Å²) in [6, 6.07) is 0. The van der Waals surface area contributed by atoms with Crippen LogP contribution < -0.4 is 5.32 Å². The fraction of sp³-hybridized carbons (Fsp3) is 0.846. The molecule has 0 aliphatic carbocycles. The van der Waals surface area contributed by atoms with Gasteiger partial charge in [-0.15, -0.1) is 12.4 Å². The van der Waals surface area contributed by atoms with E-state index in [4.69, 9.17) is 0 Å². The third-order valence-corrected chi connectivity index (χ3v) is 3.69. The minimum atomic E-state index is 0. The molecule has 2 aliphatic rings. The zero-order valence-electron chi connectivity index (χ0n) is 11.4.